The molecule has 2 aliphatic rings. The van der Waals surface area contributed by atoms with Crippen LogP contribution in [0.3, 0.4) is 0 Å². The van der Waals surface area contributed by atoms with Crippen molar-refractivity contribution in [3.05, 3.63) is 35.9 Å². The van der Waals surface area contributed by atoms with Crippen molar-refractivity contribution >= 4 is 17.9 Å². The first kappa shape index (κ1) is 19.3. The first-order valence-electron chi connectivity index (χ1n) is 8.68. The fourth-order valence-corrected chi connectivity index (χ4v) is 3.55. The summed E-state index contributed by atoms with van der Waals surface area (Å²) in [7, 11) is 1.40. The average molecular weight is 378 g/mol. The zero-order chi connectivity index (χ0) is 19.6. The number of rotatable bonds is 5. The molecular weight excluding hydrogens is 356 g/mol. The highest BCUT2D eigenvalue weighted by Gasteiger charge is 2.68. The van der Waals surface area contributed by atoms with E-state index in [1.807, 2.05) is 0 Å². The van der Waals surface area contributed by atoms with Gasteiger partial charge < -0.3 is 23.7 Å². The van der Waals surface area contributed by atoms with Crippen LogP contribution < -0.4 is 0 Å². The van der Waals surface area contributed by atoms with E-state index in [0.29, 0.717) is 18.4 Å². The summed E-state index contributed by atoms with van der Waals surface area (Å²) >= 11 is 0. The van der Waals surface area contributed by atoms with Crippen molar-refractivity contribution in [2.45, 2.75) is 56.9 Å². The van der Waals surface area contributed by atoms with E-state index in [9.17, 15) is 14.4 Å². The van der Waals surface area contributed by atoms with E-state index >= 15 is 0 Å². The monoisotopic (exact) mass is 378 g/mol. The second-order valence-corrected chi connectivity index (χ2v) is 6.58. The van der Waals surface area contributed by atoms with Gasteiger partial charge in [-0.25, -0.2) is 4.79 Å². The summed E-state index contributed by atoms with van der Waals surface area (Å²) in [5.41, 5.74) is -0.710. The van der Waals surface area contributed by atoms with Crippen molar-refractivity contribution in [3.8, 4) is 0 Å². The van der Waals surface area contributed by atoms with Gasteiger partial charge in [-0.2, -0.15) is 0 Å². The number of carbonyl (C=O) groups excluding carboxylic acids is 3. The molecule has 8 heteroatoms. The largest absolute Gasteiger partial charge is 0.456 e. The smallest absolute Gasteiger partial charge is 0.338 e. The van der Waals surface area contributed by atoms with Gasteiger partial charge in [-0.3, -0.25) is 9.59 Å². The topological polar surface area (TPSA) is 97.4 Å². The standard InChI is InChI=1S/C19H22O8/c1-11(20)24-15-16(25-12(2)21)19(27-18(15)23-3)10-9-14(19)26-17(22)13-7-5-4-6-8-13/h4-8,14-16,18H,9-10H2,1-3H3/t14-,15+,16?,18?,19-/m1/s1. The van der Waals surface area contributed by atoms with Gasteiger partial charge in [0.2, 0.25) is 0 Å². The summed E-state index contributed by atoms with van der Waals surface area (Å²) in [4.78, 5) is 35.6. The fourth-order valence-electron chi connectivity index (χ4n) is 3.55. The first-order valence-corrected chi connectivity index (χ1v) is 8.68. The van der Waals surface area contributed by atoms with E-state index < -0.39 is 48.1 Å². The minimum absolute atomic E-state index is 0.404. The van der Waals surface area contributed by atoms with Crippen LogP contribution in [0.5, 0.6) is 0 Å². The Hall–Kier alpha value is -2.45. The van der Waals surface area contributed by atoms with Gasteiger partial charge in [0, 0.05) is 21.0 Å². The fraction of sp³-hybridized carbons (Fsp3) is 0.526. The lowest BCUT2D eigenvalue weighted by Gasteiger charge is -2.47. The number of benzene rings is 1. The van der Waals surface area contributed by atoms with E-state index in [-0.39, 0.29) is 0 Å². The van der Waals surface area contributed by atoms with Crippen LogP contribution in [0.1, 0.15) is 37.0 Å². The minimum atomic E-state index is -1.11. The van der Waals surface area contributed by atoms with Gasteiger partial charge >= 0.3 is 17.9 Å². The third kappa shape index (κ3) is 3.68. The summed E-state index contributed by atoms with van der Waals surface area (Å²) in [5, 5.41) is 0. The van der Waals surface area contributed by atoms with Crippen molar-refractivity contribution in [2.24, 2.45) is 0 Å². The zero-order valence-electron chi connectivity index (χ0n) is 15.4. The van der Waals surface area contributed by atoms with Crippen LogP contribution in [-0.2, 0) is 33.3 Å². The number of carbonyl (C=O) groups is 3. The molecule has 0 bridgehead atoms. The van der Waals surface area contributed by atoms with Crippen molar-refractivity contribution in [1.82, 2.24) is 0 Å². The van der Waals surface area contributed by atoms with Gasteiger partial charge in [-0.15, -0.1) is 0 Å². The van der Waals surface area contributed by atoms with Gasteiger partial charge in [0.25, 0.3) is 0 Å². The minimum Gasteiger partial charge on any atom is -0.456 e. The Kier molecular flexibility index (Phi) is 5.48. The second kappa shape index (κ2) is 7.66. The molecule has 1 saturated carbocycles. The van der Waals surface area contributed by atoms with Crippen LogP contribution in [0.25, 0.3) is 0 Å². The third-order valence-corrected chi connectivity index (χ3v) is 4.81. The summed E-state index contributed by atoms with van der Waals surface area (Å²) in [6.45, 7) is 2.50. The average Bonchev–Trinajstić information content (AvgIpc) is 2.94. The van der Waals surface area contributed by atoms with Crippen molar-refractivity contribution in [2.75, 3.05) is 7.11 Å². The molecule has 1 aromatic carbocycles. The Morgan fingerprint density at radius 2 is 1.70 bits per heavy atom. The molecule has 27 heavy (non-hydrogen) atoms. The van der Waals surface area contributed by atoms with Gasteiger partial charge in [0.1, 0.15) is 11.7 Å². The van der Waals surface area contributed by atoms with Crippen LogP contribution in [0.15, 0.2) is 30.3 Å². The molecule has 1 spiro atoms. The summed E-state index contributed by atoms with van der Waals surface area (Å²) in [5.74, 6) is -1.62. The molecule has 1 saturated heterocycles. The molecule has 0 radical (unpaired) electrons. The molecule has 1 aromatic rings. The van der Waals surface area contributed by atoms with Gasteiger partial charge in [0.15, 0.2) is 18.5 Å². The molecule has 3 rings (SSSR count). The highest BCUT2D eigenvalue weighted by Crippen LogP contribution is 2.50. The maximum absolute atomic E-state index is 12.4. The lowest BCUT2D eigenvalue weighted by Crippen LogP contribution is -2.62. The predicted molar refractivity (Wildman–Crippen MR) is 90.6 cm³/mol. The molecule has 146 valence electrons. The molecule has 0 amide bonds. The van der Waals surface area contributed by atoms with Crippen LogP contribution in [0, 0.1) is 0 Å². The molecule has 5 atom stereocenters. The molecular formula is C19H22O8. The Morgan fingerprint density at radius 1 is 1.04 bits per heavy atom. The highest BCUT2D eigenvalue weighted by molar-refractivity contribution is 5.89. The molecule has 0 aromatic heterocycles. The molecule has 1 aliphatic heterocycles. The van der Waals surface area contributed by atoms with Gasteiger partial charge in [-0.05, 0) is 25.0 Å². The number of methoxy groups -OCH3 is 1. The molecule has 2 fully saturated rings. The third-order valence-electron chi connectivity index (χ3n) is 4.81. The number of ether oxygens (including phenoxy) is 5. The van der Waals surface area contributed by atoms with E-state index in [1.165, 1.54) is 21.0 Å². The maximum atomic E-state index is 12.4. The number of esters is 3. The van der Waals surface area contributed by atoms with E-state index in [1.54, 1.807) is 30.3 Å². The van der Waals surface area contributed by atoms with Gasteiger partial charge in [0.05, 0.1) is 5.56 Å². The molecule has 0 N–H and O–H groups in total. The summed E-state index contributed by atoms with van der Waals surface area (Å²) in [6, 6.07) is 8.56. The van der Waals surface area contributed by atoms with E-state index in [2.05, 4.69) is 0 Å². The Morgan fingerprint density at radius 3 is 2.22 bits per heavy atom. The Balaban J connectivity index is 1.83. The molecule has 2 unspecified atom stereocenters. The summed E-state index contributed by atoms with van der Waals surface area (Å²) in [6.07, 6.45) is -2.49. The lowest BCUT2D eigenvalue weighted by molar-refractivity contribution is -0.245. The SMILES string of the molecule is COC1O[C@@]2(CC[C@H]2OC(=O)c2ccccc2)C(OC(C)=O)[C@@H]1OC(C)=O. The van der Waals surface area contributed by atoms with Crippen LogP contribution >= 0.6 is 0 Å². The van der Waals surface area contributed by atoms with E-state index in [4.69, 9.17) is 23.7 Å². The Bertz CT molecular complexity index is 718. The Labute approximate surface area is 156 Å². The first-order chi connectivity index (χ1) is 12.9. The quantitative estimate of drug-likeness (QED) is 0.563. The highest BCUT2D eigenvalue weighted by atomic mass is 16.7. The summed E-state index contributed by atoms with van der Waals surface area (Å²) < 4.78 is 27.6. The van der Waals surface area contributed by atoms with E-state index in [0.717, 1.165) is 0 Å². The van der Waals surface area contributed by atoms with Crippen LogP contribution in [0.4, 0.5) is 0 Å². The van der Waals surface area contributed by atoms with Crippen molar-refractivity contribution in [1.29, 1.82) is 0 Å². The molecule has 1 heterocycles. The van der Waals surface area contributed by atoms with Crippen molar-refractivity contribution in [3.63, 3.8) is 0 Å². The second-order valence-electron chi connectivity index (χ2n) is 6.58. The van der Waals surface area contributed by atoms with Gasteiger partial charge in [-0.1, -0.05) is 18.2 Å². The van der Waals surface area contributed by atoms with Crippen molar-refractivity contribution < 1.29 is 38.1 Å². The molecule has 1 aliphatic carbocycles. The zero-order valence-corrected chi connectivity index (χ0v) is 15.4. The molecule has 8 nitrogen and oxygen atoms in total. The lowest BCUT2D eigenvalue weighted by atomic mass is 9.72. The maximum Gasteiger partial charge on any atom is 0.338 e. The van der Waals surface area contributed by atoms with Crippen LogP contribution in [0.2, 0.25) is 0 Å². The number of hydrogen-bond donors (Lipinski definition) is 0. The number of hydrogen-bond acceptors (Lipinski definition) is 8. The van der Waals surface area contributed by atoms with Crippen LogP contribution in [-0.4, -0.2) is 55.2 Å². The predicted octanol–water partition coefficient (Wildman–Crippen LogP) is 1.61. The normalized spacial score (nSPS) is 31.8.